The average molecular weight is 538 g/mol. The van der Waals surface area contributed by atoms with E-state index in [1.807, 2.05) is 0 Å². The average Bonchev–Trinajstić information content (AvgIpc) is 3.03. The van der Waals surface area contributed by atoms with Crippen LogP contribution in [0.15, 0.2) is 41.3 Å². The fourth-order valence-corrected chi connectivity index (χ4v) is 4.21. The summed E-state index contributed by atoms with van der Waals surface area (Å²) >= 11 is 12.9. The fourth-order valence-electron chi connectivity index (χ4n) is 2.99. The minimum Gasteiger partial charge on any atom is -0.490 e. The van der Waals surface area contributed by atoms with E-state index in [-0.39, 0.29) is 39.7 Å². The molecule has 2 aromatic rings. The molecule has 8 nitrogen and oxygen atoms in total. The summed E-state index contributed by atoms with van der Waals surface area (Å²) in [4.78, 5) is 50.3. The van der Waals surface area contributed by atoms with E-state index < -0.39 is 29.6 Å². The van der Waals surface area contributed by atoms with E-state index in [0.717, 1.165) is 4.90 Å². The van der Waals surface area contributed by atoms with E-state index in [4.69, 9.17) is 37.4 Å². The number of halogens is 2. The number of benzene rings is 2. The van der Waals surface area contributed by atoms with Crippen LogP contribution in [-0.4, -0.2) is 47.2 Å². The van der Waals surface area contributed by atoms with Crippen LogP contribution in [0.3, 0.4) is 0 Å². The van der Waals surface area contributed by atoms with Crippen molar-refractivity contribution in [3.8, 4) is 11.5 Å². The van der Waals surface area contributed by atoms with Crippen molar-refractivity contribution in [1.82, 2.24) is 4.90 Å². The molecule has 1 fully saturated rings. The number of amides is 2. The van der Waals surface area contributed by atoms with Crippen LogP contribution in [0.5, 0.6) is 11.5 Å². The van der Waals surface area contributed by atoms with E-state index in [9.17, 15) is 19.2 Å². The van der Waals surface area contributed by atoms with Crippen LogP contribution in [0.2, 0.25) is 10.0 Å². The summed E-state index contributed by atoms with van der Waals surface area (Å²) in [6.07, 6.45) is 1.07. The Balaban J connectivity index is 1.84. The van der Waals surface area contributed by atoms with E-state index in [2.05, 4.69) is 0 Å². The third-order valence-corrected chi connectivity index (χ3v) is 5.87. The highest BCUT2D eigenvalue weighted by Crippen LogP contribution is 2.39. The monoisotopic (exact) mass is 537 g/mol. The van der Waals surface area contributed by atoms with Gasteiger partial charge in [0.15, 0.2) is 11.5 Å². The molecule has 0 atom stereocenters. The number of imide groups is 1. The highest BCUT2D eigenvalue weighted by atomic mass is 35.5. The normalized spacial score (nSPS) is 14.6. The Labute approximate surface area is 216 Å². The summed E-state index contributed by atoms with van der Waals surface area (Å²) < 4.78 is 16.1. The molecule has 1 heterocycles. The molecular weight excluding hydrogens is 517 g/mol. The summed E-state index contributed by atoms with van der Waals surface area (Å²) in [7, 11) is 0. The molecule has 3 rings (SSSR count). The van der Waals surface area contributed by atoms with Crippen LogP contribution in [0.4, 0.5) is 4.79 Å². The first-order chi connectivity index (χ1) is 16.6. The van der Waals surface area contributed by atoms with Crippen LogP contribution in [0.1, 0.15) is 36.7 Å². The molecule has 1 aliphatic heterocycles. The molecule has 0 unspecified atom stereocenters. The zero-order valence-corrected chi connectivity index (χ0v) is 21.3. The molecule has 35 heavy (non-hydrogen) atoms. The van der Waals surface area contributed by atoms with Crippen molar-refractivity contribution in [1.29, 1.82) is 0 Å². The largest absolute Gasteiger partial charge is 0.490 e. The second-order valence-corrected chi connectivity index (χ2v) is 9.30. The lowest BCUT2D eigenvalue weighted by Crippen LogP contribution is -2.35. The number of hydrogen-bond donors (Lipinski definition) is 0. The van der Waals surface area contributed by atoms with Crippen LogP contribution in [-0.2, 0) is 14.3 Å². The molecule has 184 valence electrons. The third kappa shape index (κ3) is 6.78. The number of ether oxygens (including phenoxy) is 3. The molecule has 0 bridgehead atoms. The number of carbonyl (C=O) groups excluding carboxylic acids is 4. The molecule has 2 amide bonds. The maximum atomic E-state index is 12.7. The van der Waals surface area contributed by atoms with Gasteiger partial charge in [0.05, 0.1) is 28.2 Å². The first-order valence-electron chi connectivity index (χ1n) is 10.5. The minimum atomic E-state index is -0.683. The standard InChI is InChI=1S/C24H21Cl2NO7S/c1-4-32-18-10-14(9-17(26)21(18)34-23(30)15-5-7-16(25)8-6-15)11-19-22(29)27(24(31)35-19)12-20(28)33-13(2)3/h5-11,13H,4,12H2,1-3H3/b19-11-. The molecule has 0 N–H and O–H groups in total. The molecule has 0 spiro atoms. The number of hydrogen-bond acceptors (Lipinski definition) is 8. The molecule has 1 saturated heterocycles. The van der Waals surface area contributed by atoms with Crippen molar-refractivity contribution >= 4 is 64.1 Å². The van der Waals surface area contributed by atoms with E-state index in [1.165, 1.54) is 30.3 Å². The molecule has 1 aliphatic rings. The summed E-state index contributed by atoms with van der Waals surface area (Å²) in [5.41, 5.74) is 0.696. The highest BCUT2D eigenvalue weighted by molar-refractivity contribution is 8.18. The maximum absolute atomic E-state index is 12.7. The highest BCUT2D eigenvalue weighted by Gasteiger charge is 2.37. The van der Waals surface area contributed by atoms with Gasteiger partial charge in [0, 0.05) is 5.02 Å². The summed E-state index contributed by atoms with van der Waals surface area (Å²) in [5.74, 6) is -1.79. The summed E-state index contributed by atoms with van der Waals surface area (Å²) in [5, 5.41) is -0.0592. The van der Waals surface area contributed by atoms with Gasteiger partial charge in [0.25, 0.3) is 11.1 Å². The van der Waals surface area contributed by atoms with Crippen molar-refractivity contribution in [3.05, 3.63) is 62.5 Å². The lowest BCUT2D eigenvalue weighted by atomic mass is 10.1. The molecule has 0 aliphatic carbocycles. The van der Waals surface area contributed by atoms with Gasteiger partial charge >= 0.3 is 11.9 Å². The molecular formula is C24H21Cl2NO7S. The Hall–Kier alpha value is -3.01. The van der Waals surface area contributed by atoms with Crippen molar-refractivity contribution in [2.24, 2.45) is 0 Å². The lowest BCUT2D eigenvalue weighted by Gasteiger charge is -2.14. The maximum Gasteiger partial charge on any atom is 0.343 e. The van der Waals surface area contributed by atoms with E-state index in [0.29, 0.717) is 22.3 Å². The van der Waals surface area contributed by atoms with Gasteiger partial charge in [-0.3, -0.25) is 19.3 Å². The molecule has 0 aromatic heterocycles. The number of nitrogens with zero attached hydrogens (tertiary/aromatic N) is 1. The third-order valence-electron chi connectivity index (χ3n) is 4.43. The summed E-state index contributed by atoms with van der Waals surface area (Å²) in [6, 6.07) is 9.14. The minimum absolute atomic E-state index is 0.00940. The quantitative estimate of drug-likeness (QED) is 0.243. The van der Waals surface area contributed by atoms with Crippen molar-refractivity contribution in [2.45, 2.75) is 26.9 Å². The first kappa shape index (κ1) is 26.6. The Morgan fingerprint density at radius 3 is 2.43 bits per heavy atom. The zero-order valence-electron chi connectivity index (χ0n) is 19.0. The fraction of sp³-hybridized carbons (Fsp3) is 0.250. The predicted octanol–water partition coefficient (Wildman–Crippen LogP) is 5.60. The van der Waals surface area contributed by atoms with Crippen LogP contribution in [0.25, 0.3) is 6.08 Å². The van der Waals surface area contributed by atoms with Crippen LogP contribution >= 0.6 is 35.0 Å². The lowest BCUT2D eigenvalue weighted by molar-refractivity contribution is -0.149. The van der Waals surface area contributed by atoms with Gasteiger partial charge in [-0.25, -0.2) is 4.79 Å². The Morgan fingerprint density at radius 2 is 1.80 bits per heavy atom. The Bertz CT molecular complexity index is 1200. The van der Waals surface area contributed by atoms with Gasteiger partial charge in [-0.1, -0.05) is 23.2 Å². The Morgan fingerprint density at radius 1 is 1.11 bits per heavy atom. The van der Waals surface area contributed by atoms with Gasteiger partial charge in [0.1, 0.15) is 6.54 Å². The summed E-state index contributed by atoms with van der Waals surface area (Å²) in [6.45, 7) is 4.85. The molecule has 11 heteroatoms. The zero-order chi connectivity index (χ0) is 25.7. The smallest absolute Gasteiger partial charge is 0.343 e. The molecule has 2 aromatic carbocycles. The van der Waals surface area contributed by atoms with Crippen LogP contribution < -0.4 is 9.47 Å². The van der Waals surface area contributed by atoms with Gasteiger partial charge in [0.2, 0.25) is 0 Å². The van der Waals surface area contributed by atoms with E-state index in [1.54, 1.807) is 32.9 Å². The Kier molecular flexibility index (Phi) is 8.82. The van der Waals surface area contributed by atoms with Crippen molar-refractivity contribution in [2.75, 3.05) is 13.2 Å². The number of esters is 2. The van der Waals surface area contributed by atoms with Gasteiger partial charge < -0.3 is 14.2 Å². The number of rotatable bonds is 8. The van der Waals surface area contributed by atoms with Gasteiger partial charge in [-0.05, 0) is 80.6 Å². The van der Waals surface area contributed by atoms with Crippen LogP contribution in [0, 0.1) is 0 Å². The first-order valence-corrected chi connectivity index (χ1v) is 12.0. The topological polar surface area (TPSA) is 99.2 Å². The number of carbonyl (C=O) groups is 4. The van der Waals surface area contributed by atoms with Gasteiger partial charge in [-0.2, -0.15) is 0 Å². The second-order valence-electron chi connectivity index (χ2n) is 7.47. The predicted molar refractivity (Wildman–Crippen MR) is 133 cm³/mol. The number of thioether (sulfide) groups is 1. The molecule has 0 radical (unpaired) electrons. The SMILES string of the molecule is CCOc1cc(/C=C2\SC(=O)N(CC(=O)OC(C)C)C2=O)cc(Cl)c1OC(=O)c1ccc(Cl)cc1. The second kappa shape index (κ2) is 11.6. The molecule has 0 saturated carbocycles. The van der Waals surface area contributed by atoms with E-state index >= 15 is 0 Å². The van der Waals surface area contributed by atoms with Gasteiger partial charge in [-0.15, -0.1) is 0 Å². The van der Waals surface area contributed by atoms with Crippen molar-refractivity contribution in [3.63, 3.8) is 0 Å². The van der Waals surface area contributed by atoms with Crippen molar-refractivity contribution < 1.29 is 33.4 Å².